The molecule has 0 fully saturated rings. The third-order valence-corrected chi connectivity index (χ3v) is 3.39. The third kappa shape index (κ3) is 5.74. The lowest BCUT2D eigenvalue weighted by Crippen LogP contribution is -2.31. The van der Waals surface area contributed by atoms with Crippen LogP contribution in [0.3, 0.4) is 0 Å². The normalized spacial score (nSPS) is 10.9. The highest BCUT2D eigenvalue weighted by Gasteiger charge is 2.17. The van der Waals surface area contributed by atoms with Crippen LogP contribution in [0.25, 0.3) is 0 Å². The summed E-state index contributed by atoms with van der Waals surface area (Å²) < 4.78 is 0. The zero-order valence-corrected chi connectivity index (χ0v) is 12.7. The lowest BCUT2D eigenvalue weighted by atomic mass is 9.89. The number of hydrogen-bond acceptors (Lipinski definition) is 4. The molecule has 0 saturated carbocycles. The average Bonchev–Trinajstić information content (AvgIpc) is 2.42. The molecule has 0 radical (unpaired) electrons. The van der Waals surface area contributed by atoms with E-state index in [1.807, 2.05) is 32.0 Å². The molecule has 114 valence electrons. The summed E-state index contributed by atoms with van der Waals surface area (Å²) >= 11 is 0. The van der Waals surface area contributed by atoms with Crippen molar-refractivity contribution in [3.63, 3.8) is 0 Å². The maximum Gasteiger partial charge on any atom is 0.323 e. The van der Waals surface area contributed by atoms with E-state index < -0.39 is 5.97 Å². The highest BCUT2D eigenvalue weighted by atomic mass is 16.4. The van der Waals surface area contributed by atoms with Crippen molar-refractivity contribution >= 4 is 17.3 Å². The second kappa shape index (κ2) is 7.53. The molecule has 0 aliphatic heterocycles. The standard InChI is InChI=1S/C16H23N3O2/c1-16(2,12-17)9-5-6-10-19(11-15(20)21)14-8-4-3-7-13(14)18/h3-4,7-8H,5-6,9-11,18H2,1-2H3,(H,20,21). The van der Waals surface area contributed by atoms with Crippen molar-refractivity contribution in [3.05, 3.63) is 24.3 Å². The highest BCUT2D eigenvalue weighted by Crippen LogP contribution is 2.25. The van der Waals surface area contributed by atoms with Gasteiger partial charge in [0.25, 0.3) is 0 Å². The Morgan fingerprint density at radius 3 is 2.62 bits per heavy atom. The first kappa shape index (κ1) is 16.8. The Kier molecular flexibility index (Phi) is 6.04. The van der Waals surface area contributed by atoms with Gasteiger partial charge < -0.3 is 15.7 Å². The summed E-state index contributed by atoms with van der Waals surface area (Å²) in [5.41, 5.74) is 6.91. The lowest BCUT2D eigenvalue weighted by molar-refractivity contribution is -0.135. The number of rotatable bonds is 8. The number of nitrogens with two attached hydrogens (primary N) is 1. The van der Waals surface area contributed by atoms with Crippen LogP contribution in [0.2, 0.25) is 0 Å². The fourth-order valence-electron chi connectivity index (χ4n) is 2.15. The molecule has 0 heterocycles. The molecule has 5 heteroatoms. The maximum absolute atomic E-state index is 11.0. The zero-order chi connectivity index (χ0) is 15.9. The monoisotopic (exact) mass is 289 g/mol. The Morgan fingerprint density at radius 1 is 1.38 bits per heavy atom. The van der Waals surface area contributed by atoms with Gasteiger partial charge in [-0.05, 0) is 38.8 Å². The lowest BCUT2D eigenvalue weighted by Gasteiger charge is -2.25. The van der Waals surface area contributed by atoms with Gasteiger partial charge in [0.2, 0.25) is 0 Å². The topological polar surface area (TPSA) is 90.3 Å². The van der Waals surface area contributed by atoms with Gasteiger partial charge >= 0.3 is 5.97 Å². The second-order valence-electron chi connectivity index (χ2n) is 5.83. The van der Waals surface area contributed by atoms with E-state index in [4.69, 9.17) is 16.1 Å². The van der Waals surface area contributed by atoms with Crippen molar-refractivity contribution in [2.24, 2.45) is 5.41 Å². The number of hydrogen-bond donors (Lipinski definition) is 2. The number of carboxylic acid groups (broad SMARTS) is 1. The summed E-state index contributed by atoms with van der Waals surface area (Å²) in [6.45, 7) is 4.37. The minimum Gasteiger partial charge on any atom is -0.480 e. The van der Waals surface area contributed by atoms with E-state index in [0.29, 0.717) is 12.2 Å². The van der Waals surface area contributed by atoms with Gasteiger partial charge in [-0.1, -0.05) is 18.6 Å². The summed E-state index contributed by atoms with van der Waals surface area (Å²) in [5.74, 6) is -0.879. The number of carbonyl (C=O) groups is 1. The van der Waals surface area contributed by atoms with Crippen LogP contribution in [0, 0.1) is 16.7 Å². The Hall–Kier alpha value is -2.22. The van der Waals surface area contributed by atoms with Crippen LogP contribution in [0.1, 0.15) is 33.1 Å². The van der Waals surface area contributed by atoms with E-state index in [0.717, 1.165) is 24.9 Å². The maximum atomic E-state index is 11.0. The van der Waals surface area contributed by atoms with Crippen LogP contribution in [-0.4, -0.2) is 24.2 Å². The average molecular weight is 289 g/mol. The Balaban J connectivity index is 2.62. The van der Waals surface area contributed by atoms with Crippen molar-refractivity contribution in [1.82, 2.24) is 0 Å². The molecular weight excluding hydrogens is 266 g/mol. The molecule has 0 amide bonds. The number of carboxylic acids is 1. The van der Waals surface area contributed by atoms with Gasteiger partial charge in [0.1, 0.15) is 6.54 Å². The first-order valence-electron chi connectivity index (χ1n) is 7.08. The number of para-hydroxylation sites is 2. The van der Waals surface area contributed by atoms with Crippen molar-refractivity contribution in [3.8, 4) is 6.07 Å². The van der Waals surface area contributed by atoms with Crippen molar-refractivity contribution < 1.29 is 9.90 Å². The molecule has 1 aromatic carbocycles. The summed E-state index contributed by atoms with van der Waals surface area (Å²) in [5, 5.41) is 18.0. The molecule has 0 aliphatic carbocycles. The minimum atomic E-state index is -0.879. The van der Waals surface area contributed by atoms with Crippen molar-refractivity contribution in [1.29, 1.82) is 5.26 Å². The first-order valence-corrected chi connectivity index (χ1v) is 7.08. The zero-order valence-electron chi connectivity index (χ0n) is 12.7. The van der Waals surface area contributed by atoms with Crippen LogP contribution in [-0.2, 0) is 4.79 Å². The third-order valence-electron chi connectivity index (χ3n) is 3.39. The molecule has 21 heavy (non-hydrogen) atoms. The van der Waals surface area contributed by atoms with Crippen LogP contribution >= 0.6 is 0 Å². The Bertz CT molecular complexity index is 520. The number of nitrogens with zero attached hydrogens (tertiary/aromatic N) is 2. The number of unbranched alkanes of at least 4 members (excludes halogenated alkanes) is 1. The van der Waals surface area contributed by atoms with Gasteiger partial charge in [0.05, 0.1) is 22.9 Å². The largest absolute Gasteiger partial charge is 0.480 e. The smallest absolute Gasteiger partial charge is 0.323 e. The highest BCUT2D eigenvalue weighted by molar-refractivity contribution is 5.77. The predicted molar refractivity (Wildman–Crippen MR) is 83.9 cm³/mol. The molecule has 0 aliphatic rings. The molecule has 0 unspecified atom stereocenters. The van der Waals surface area contributed by atoms with Crippen LogP contribution in [0.4, 0.5) is 11.4 Å². The summed E-state index contributed by atoms with van der Waals surface area (Å²) in [6, 6.07) is 9.55. The molecule has 0 spiro atoms. The van der Waals surface area contributed by atoms with Gasteiger partial charge in [-0.3, -0.25) is 4.79 Å². The van der Waals surface area contributed by atoms with E-state index in [2.05, 4.69) is 6.07 Å². The Morgan fingerprint density at radius 2 is 2.05 bits per heavy atom. The van der Waals surface area contributed by atoms with Gasteiger partial charge in [-0.25, -0.2) is 0 Å². The second-order valence-corrected chi connectivity index (χ2v) is 5.83. The van der Waals surface area contributed by atoms with E-state index in [1.165, 1.54) is 0 Å². The number of benzene rings is 1. The number of nitriles is 1. The van der Waals surface area contributed by atoms with Gasteiger partial charge in [0, 0.05) is 6.54 Å². The fraction of sp³-hybridized carbons (Fsp3) is 0.500. The summed E-state index contributed by atoms with van der Waals surface area (Å²) in [4.78, 5) is 12.8. The molecule has 0 saturated heterocycles. The van der Waals surface area contributed by atoms with Crippen LogP contribution in [0.15, 0.2) is 24.3 Å². The van der Waals surface area contributed by atoms with Crippen LogP contribution in [0.5, 0.6) is 0 Å². The molecule has 0 aromatic heterocycles. The molecule has 3 N–H and O–H groups in total. The number of nitrogen functional groups attached to an aromatic ring is 1. The van der Waals surface area contributed by atoms with E-state index in [-0.39, 0.29) is 12.0 Å². The van der Waals surface area contributed by atoms with Crippen LogP contribution < -0.4 is 10.6 Å². The number of aliphatic carboxylic acids is 1. The minimum absolute atomic E-state index is 0.0736. The molecule has 5 nitrogen and oxygen atoms in total. The van der Waals surface area contributed by atoms with E-state index in [1.54, 1.807) is 11.0 Å². The van der Waals surface area contributed by atoms with Crippen molar-refractivity contribution in [2.75, 3.05) is 23.7 Å². The predicted octanol–water partition coefficient (Wildman–Crippen LogP) is 2.88. The molecule has 1 rings (SSSR count). The fourth-order valence-corrected chi connectivity index (χ4v) is 2.15. The van der Waals surface area contributed by atoms with Gasteiger partial charge in [-0.15, -0.1) is 0 Å². The van der Waals surface area contributed by atoms with E-state index >= 15 is 0 Å². The Labute approximate surface area is 126 Å². The first-order chi connectivity index (χ1) is 9.85. The quantitative estimate of drug-likeness (QED) is 0.567. The molecular formula is C16H23N3O2. The molecule has 0 bridgehead atoms. The molecule has 0 atom stereocenters. The van der Waals surface area contributed by atoms with Gasteiger partial charge in [-0.2, -0.15) is 5.26 Å². The summed E-state index contributed by atoms with van der Waals surface area (Å²) in [6.07, 6.45) is 2.50. The number of anilines is 2. The van der Waals surface area contributed by atoms with E-state index in [9.17, 15) is 4.79 Å². The molecule has 1 aromatic rings. The van der Waals surface area contributed by atoms with Gasteiger partial charge in [0.15, 0.2) is 0 Å². The SMILES string of the molecule is CC(C)(C#N)CCCCN(CC(=O)O)c1ccccc1N. The summed E-state index contributed by atoms with van der Waals surface area (Å²) in [7, 11) is 0. The van der Waals surface area contributed by atoms with Crippen molar-refractivity contribution in [2.45, 2.75) is 33.1 Å².